The monoisotopic (exact) mass is 412 g/mol. The van der Waals surface area contributed by atoms with E-state index >= 15 is 0 Å². The predicted molar refractivity (Wildman–Crippen MR) is 108 cm³/mol. The van der Waals surface area contributed by atoms with Gasteiger partial charge in [-0.3, -0.25) is 0 Å². The van der Waals surface area contributed by atoms with Gasteiger partial charge in [0.1, 0.15) is 22.9 Å². The van der Waals surface area contributed by atoms with Crippen LogP contribution in [0.5, 0.6) is 0 Å². The molecule has 1 aromatic carbocycles. The molecule has 6 nitrogen and oxygen atoms in total. The zero-order valence-corrected chi connectivity index (χ0v) is 16.8. The van der Waals surface area contributed by atoms with Crippen molar-refractivity contribution in [2.24, 2.45) is 0 Å². The highest BCUT2D eigenvalue weighted by atomic mass is 19.1. The number of imidazole rings is 1. The second-order valence-corrected chi connectivity index (χ2v) is 7.27. The molecule has 0 aliphatic carbocycles. The van der Waals surface area contributed by atoms with Crippen LogP contribution in [-0.2, 0) is 0 Å². The lowest BCUT2D eigenvalue weighted by Gasteiger charge is -2.12. The number of halogens is 3. The molecule has 3 aromatic heterocycles. The van der Waals surface area contributed by atoms with E-state index in [0.29, 0.717) is 16.9 Å². The molecule has 0 spiro atoms. The van der Waals surface area contributed by atoms with E-state index in [-0.39, 0.29) is 34.6 Å². The minimum atomic E-state index is -0.713. The number of rotatable bonds is 4. The van der Waals surface area contributed by atoms with Crippen LogP contribution in [0.25, 0.3) is 22.3 Å². The summed E-state index contributed by atoms with van der Waals surface area (Å²) in [5.41, 5.74) is 1.31. The SMILES string of the molecule is Cc1ccc(Nc2ncc(F)c(-c3cc(F)c4nc(C)n(C(C)C)c4c3)n2)nc1F. The van der Waals surface area contributed by atoms with E-state index in [1.165, 1.54) is 6.07 Å². The highest BCUT2D eigenvalue weighted by molar-refractivity contribution is 5.83. The fourth-order valence-electron chi connectivity index (χ4n) is 3.38. The minimum Gasteiger partial charge on any atom is -0.326 e. The van der Waals surface area contributed by atoms with E-state index in [9.17, 15) is 13.2 Å². The van der Waals surface area contributed by atoms with Crippen LogP contribution < -0.4 is 5.32 Å². The van der Waals surface area contributed by atoms with Gasteiger partial charge in [0.05, 0.1) is 11.7 Å². The number of hydrogen-bond acceptors (Lipinski definition) is 5. The first-order valence-corrected chi connectivity index (χ1v) is 9.35. The number of pyridine rings is 1. The van der Waals surface area contributed by atoms with Crippen LogP contribution in [0.2, 0.25) is 0 Å². The van der Waals surface area contributed by atoms with Crippen LogP contribution in [0.4, 0.5) is 24.9 Å². The number of fused-ring (bicyclic) bond motifs is 1. The second-order valence-electron chi connectivity index (χ2n) is 7.27. The maximum atomic E-state index is 14.7. The third kappa shape index (κ3) is 3.47. The Morgan fingerprint density at radius 3 is 2.43 bits per heavy atom. The quantitative estimate of drug-likeness (QED) is 0.464. The van der Waals surface area contributed by atoms with Gasteiger partial charge in [-0.15, -0.1) is 0 Å². The number of hydrogen-bond donors (Lipinski definition) is 1. The summed E-state index contributed by atoms with van der Waals surface area (Å²) in [7, 11) is 0. The zero-order valence-electron chi connectivity index (χ0n) is 16.8. The Kier molecular flexibility index (Phi) is 4.89. The van der Waals surface area contributed by atoms with Crippen molar-refractivity contribution in [1.82, 2.24) is 24.5 Å². The van der Waals surface area contributed by atoms with Crippen LogP contribution in [0.15, 0.2) is 30.5 Å². The molecular formula is C21H19F3N6. The van der Waals surface area contributed by atoms with Crippen molar-refractivity contribution in [2.45, 2.75) is 33.7 Å². The number of benzene rings is 1. The topological polar surface area (TPSA) is 68.5 Å². The van der Waals surface area contributed by atoms with E-state index in [2.05, 4.69) is 25.3 Å². The summed E-state index contributed by atoms with van der Waals surface area (Å²) in [6, 6.07) is 5.99. The molecule has 0 radical (unpaired) electrons. The van der Waals surface area contributed by atoms with Gasteiger partial charge in [-0.25, -0.2) is 28.7 Å². The molecule has 3 heterocycles. The van der Waals surface area contributed by atoms with Gasteiger partial charge in [-0.2, -0.15) is 4.39 Å². The number of nitrogens with zero attached hydrogens (tertiary/aromatic N) is 5. The van der Waals surface area contributed by atoms with E-state index in [1.807, 2.05) is 18.4 Å². The molecule has 4 rings (SSSR count). The molecule has 0 saturated heterocycles. The van der Waals surface area contributed by atoms with Crippen molar-refractivity contribution in [3.05, 3.63) is 59.4 Å². The average molecular weight is 412 g/mol. The molecule has 0 amide bonds. The number of aromatic nitrogens is 5. The van der Waals surface area contributed by atoms with Crippen LogP contribution in [-0.4, -0.2) is 24.5 Å². The summed E-state index contributed by atoms with van der Waals surface area (Å²) in [4.78, 5) is 16.1. The Morgan fingerprint density at radius 1 is 0.967 bits per heavy atom. The molecular weight excluding hydrogens is 393 g/mol. The van der Waals surface area contributed by atoms with Gasteiger partial charge in [0, 0.05) is 17.2 Å². The third-order valence-electron chi connectivity index (χ3n) is 4.73. The molecule has 0 saturated carbocycles. The number of nitrogens with one attached hydrogen (secondary N) is 1. The van der Waals surface area contributed by atoms with Gasteiger partial charge in [0.2, 0.25) is 11.9 Å². The van der Waals surface area contributed by atoms with Crippen molar-refractivity contribution < 1.29 is 13.2 Å². The Bertz CT molecular complexity index is 1270. The Labute approximate surface area is 170 Å². The van der Waals surface area contributed by atoms with Crippen molar-refractivity contribution in [2.75, 3.05) is 5.32 Å². The van der Waals surface area contributed by atoms with E-state index in [0.717, 1.165) is 6.20 Å². The van der Waals surface area contributed by atoms with Crippen LogP contribution >= 0.6 is 0 Å². The molecule has 0 unspecified atom stereocenters. The zero-order chi connectivity index (χ0) is 21.6. The Morgan fingerprint density at radius 2 is 1.73 bits per heavy atom. The molecule has 9 heteroatoms. The lowest BCUT2D eigenvalue weighted by molar-refractivity contribution is 0.576. The second kappa shape index (κ2) is 7.40. The predicted octanol–water partition coefficient (Wildman–Crippen LogP) is 5.25. The van der Waals surface area contributed by atoms with Crippen LogP contribution in [0, 0.1) is 31.4 Å². The highest BCUT2D eigenvalue weighted by Gasteiger charge is 2.18. The highest BCUT2D eigenvalue weighted by Crippen LogP contribution is 2.30. The maximum absolute atomic E-state index is 14.7. The van der Waals surface area contributed by atoms with Crippen molar-refractivity contribution >= 4 is 22.8 Å². The standard InChI is InChI=1S/C21H19F3N6/c1-10(2)30-12(4)26-19-14(22)7-13(8-16(19)30)18-15(23)9-25-21(29-18)28-17-6-5-11(3)20(24)27-17/h5-10H,1-4H3,(H,25,27,28,29). The van der Waals surface area contributed by atoms with Gasteiger partial charge >= 0.3 is 0 Å². The van der Waals surface area contributed by atoms with Crippen LogP contribution in [0.3, 0.4) is 0 Å². The molecule has 4 aromatic rings. The molecule has 0 aliphatic heterocycles. The molecule has 0 atom stereocenters. The average Bonchev–Trinajstić information content (AvgIpc) is 3.03. The first-order valence-electron chi connectivity index (χ1n) is 9.35. The largest absolute Gasteiger partial charge is 0.326 e. The minimum absolute atomic E-state index is 0.0104. The third-order valence-corrected chi connectivity index (χ3v) is 4.73. The summed E-state index contributed by atoms with van der Waals surface area (Å²) in [5.74, 6) is -1.07. The molecule has 1 N–H and O–H groups in total. The van der Waals surface area contributed by atoms with Crippen molar-refractivity contribution in [3.8, 4) is 11.3 Å². The normalized spacial score (nSPS) is 11.5. The summed E-state index contributed by atoms with van der Waals surface area (Å²) in [6.07, 6.45) is 0.975. The van der Waals surface area contributed by atoms with Gasteiger partial charge in [-0.1, -0.05) is 6.07 Å². The van der Waals surface area contributed by atoms with Gasteiger partial charge in [-0.05, 0) is 45.9 Å². The number of aryl methyl sites for hydroxylation is 2. The summed E-state index contributed by atoms with van der Waals surface area (Å²) >= 11 is 0. The van der Waals surface area contributed by atoms with Gasteiger partial charge in [0.25, 0.3) is 0 Å². The first kappa shape index (κ1) is 19.8. The fourth-order valence-corrected chi connectivity index (χ4v) is 3.38. The smallest absolute Gasteiger partial charge is 0.229 e. The molecule has 154 valence electrons. The molecule has 0 aliphatic rings. The molecule has 30 heavy (non-hydrogen) atoms. The van der Waals surface area contributed by atoms with Crippen molar-refractivity contribution in [1.29, 1.82) is 0 Å². The van der Waals surface area contributed by atoms with Crippen LogP contribution in [0.1, 0.15) is 31.3 Å². The van der Waals surface area contributed by atoms with E-state index in [4.69, 9.17) is 0 Å². The first-order chi connectivity index (χ1) is 14.2. The summed E-state index contributed by atoms with van der Waals surface area (Å²) < 4.78 is 44.8. The lowest BCUT2D eigenvalue weighted by Crippen LogP contribution is -2.04. The lowest BCUT2D eigenvalue weighted by atomic mass is 10.1. The van der Waals surface area contributed by atoms with Gasteiger partial charge in [0.15, 0.2) is 11.6 Å². The van der Waals surface area contributed by atoms with E-state index < -0.39 is 17.6 Å². The van der Waals surface area contributed by atoms with Gasteiger partial charge < -0.3 is 9.88 Å². The molecule has 0 bridgehead atoms. The molecule has 0 fully saturated rings. The number of anilines is 2. The Hall–Kier alpha value is -3.49. The van der Waals surface area contributed by atoms with Crippen molar-refractivity contribution in [3.63, 3.8) is 0 Å². The summed E-state index contributed by atoms with van der Waals surface area (Å²) in [6.45, 7) is 7.30. The fraction of sp³-hybridized carbons (Fsp3) is 0.238. The van der Waals surface area contributed by atoms with E-state index in [1.54, 1.807) is 32.0 Å². The maximum Gasteiger partial charge on any atom is 0.229 e. The Balaban J connectivity index is 1.80. The summed E-state index contributed by atoms with van der Waals surface area (Å²) in [5, 5.41) is 2.74.